The highest BCUT2D eigenvalue weighted by atomic mass is 15.5. The van der Waals surface area contributed by atoms with Gasteiger partial charge >= 0.3 is 0 Å². The van der Waals surface area contributed by atoms with E-state index in [0.717, 1.165) is 12.6 Å². The summed E-state index contributed by atoms with van der Waals surface area (Å²) in [5.74, 6) is 0. The summed E-state index contributed by atoms with van der Waals surface area (Å²) in [6.45, 7) is 6.76. The lowest BCUT2D eigenvalue weighted by atomic mass is 10.2. The topological polar surface area (TPSA) is 15.3 Å². The average molecular weight is 128 g/mol. The Morgan fingerprint density at radius 3 is 2.78 bits per heavy atom. The smallest absolute Gasteiger partial charge is 0.0253 e. The maximum atomic E-state index is 3.34. The van der Waals surface area contributed by atoms with Gasteiger partial charge in [-0.05, 0) is 12.8 Å². The number of nitrogens with zero attached hydrogens (tertiary/aromatic N) is 1. The molecule has 1 atom stereocenters. The summed E-state index contributed by atoms with van der Waals surface area (Å²) in [5.41, 5.74) is 3.34. The van der Waals surface area contributed by atoms with Crippen LogP contribution in [0.25, 0.3) is 0 Å². The van der Waals surface area contributed by atoms with Crippen molar-refractivity contribution >= 4 is 0 Å². The molecule has 0 spiro atoms. The van der Waals surface area contributed by atoms with Gasteiger partial charge in [0.05, 0.1) is 0 Å². The second kappa shape index (κ2) is 3.18. The van der Waals surface area contributed by atoms with Crippen LogP contribution in [0.5, 0.6) is 0 Å². The van der Waals surface area contributed by atoms with E-state index in [9.17, 15) is 0 Å². The zero-order chi connectivity index (χ0) is 6.69. The van der Waals surface area contributed by atoms with E-state index in [2.05, 4.69) is 24.3 Å². The quantitative estimate of drug-likeness (QED) is 0.596. The molecule has 0 amide bonds. The second-order valence-electron chi connectivity index (χ2n) is 2.54. The van der Waals surface area contributed by atoms with Gasteiger partial charge in [0.25, 0.3) is 0 Å². The first-order valence-corrected chi connectivity index (χ1v) is 3.88. The molecule has 0 aromatic rings. The van der Waals surface area contributed by atoms with E-state index < -0.39 is 0 Å². The maximum absolute atomic E-state index is 3.34. The Labute approximate surface area is 57.2 Å². The molecule has 0 bridgehead atoms. The van der Waals surface area contributed by atoms with Crippen LogP contribution in [0.3, 0.4) is 0 Å². The van der Waals surface area contributed by atoms with Crippen molar-refractivity contribution in [3.8, 4) is 0 Å². The monoisotopic (exact) mass is 128 g/mol. The molecular weight excluding hydrogens is 112 g/mol. The molecular formula is C7H16N2. The fraction of sp³-hybridized carbons (Fsp3) is 1.00. The third kappa shape index (κ3) is 1.43. The molecule has 0 aromatic carbocycles. The van der Waals surface area contributed by atoms with Crippen molar-refractivity contribution in [2.24, 2.45) is 0 Å². The number of hydrogen-bond acceptors (Lipinski definition) is 2. The van der Waals surface area contributed by atoms with Gasteiger partial charge in [-0.2, -0.15) is 0 Å². The molecule has 0 aliphatic carbocycles. The zero-order valence-corrected chi connectivity index (χ0v) is 6.35. The van der Waals surface area contributed by atoms with Gasteiger partial charge in [0.2, 0.25) is 0 Å². The number of rotatable bonds is 2. The van der Waals surface area contributed by atoms with Crippen LogP contribution in [0.4, 0.5) is 0 Å². The van der Waals surface area contributed by atoms with Crippen molar-refractivity contribution in [3.63, 3.8) is 0 Å². The Kier molecular flexibility index (Phi) is 2.49. The molecule has 2 nitrogen and oxygen atoms in total. The van der Waals surface area contributed by atoms with Crippen LogP contribution >= 0.6 is 0 Å². The van der Waals surface area contributed by atoms with E-state index in [0.29, 0.717) is 0 Å². The molecule has 1 N–H and O–H groups in total. The minimum Gasteiger partial charge on any atom is -0.255 e. The summed E-state index contributed by atoms with van der Waals surface area (Å²) in [5, 5.41) is 2.33. The third-order valence-corrected chi connectivity index (χ3v) is 2.05. The van der Waals surface area contributed by atoms with Crippen molar-refractivity contribution in [1.29, 1.82) is 0 Å². The van der Waals surface area contributed by atoms with Crippen molar-refractivity contribution in [3.05, 3.63) is 0 Å². The number of nitrogens with one attached hydrogen (secondary N) is 1. The molecule has 1 fully saturated rings. The summed E-state index contributed by atoms with van der Waals surface area (Å²) >= 11 is 0. The predicted molar refractivity (Wildman–Crippen MR) is 39.1 cm³/mol. The minimum absolute atomic E-state index is 0.801. The van der Waals surface area contributed by atoms with Crippen LogP contribution in [-0.2, 0) is 0 Å². The molecule has 54 valence electrons. The van der Waals surface area contributed by atoms with Gasteiger partial charge in [-0.3, -0.25) is 5.43 Å². The van der Waals surface area contributed by atoms with Gasteiger partial charge in [-0.1, -0.05) is 13.8 Å². The minimum atomic E-state index is 0.801. The first kappa shape index (κ1) is 7.03. The van der Waals surface area contributed by atoms with Crippen LogP contribution in [0.2, 0.25) is 0 Å². The first-order valence-electron chi connectivity index (χ1n) is 3.88. The fourth-order valence-corrected chi connectivity index (χ4v) is 1.45. The van der Waals surface area contributed by atoms with E-state index in [1.807, 2.05) is 0 Å². The Hall–Kier alpha value is -0.0800. The molecule has 2 heteroatoms. The molecule has 1 unspecified atom stereocenters. The third-order valence-electron chi connectivity index (χ3n) is 2.05. The zero-order valence-electron chi connectivity index (χ0n) is 6.35. The van der Waals surface area contributed by atoms with Crippen molar-refractivity contribution < 1.29 is 0 Å². The highest BCUT2D eigenvalue weighted by Crippen LogP contribution is 2.10. The standard InChI is InChI=1S/C7H16N2/c1-3-7-5-6-8-9(7)4-2/h7-8H,3-6H2,1-2H3. The van der Waals surface area contributed by atoms with E-state index in [1.165, 1.54) is 19.4 Å². The average Bonchev–Trinajstić information content (AvgIpc) is 2.33. The SMILES string of the molecule is CCC1CCNN1CC. The van der Waals surface area contributed by atoms with Gasteiger partial charge in [-0.15, -0.1) is 0 Å². The predicted octanol–water partition coefficient (Wildman–Crippen LogP) is 0.995. The fourth-order valence-electron chi connectivity index (χ4n) is 1.45. The van der Waals surface area contributed by atoms with Crippen molar-refractivity contribution in [2.75, 3.05) is 13.1 Å². The van der Waals surface area contributed by atoms with Crippen molar-refractivity contribution in [2.45, 2.75) is 32.7 Å². The molecule has 0 radical (unpaired) electrons. The molecule has 1 heterocycles. The molecule has 0 saturated carbocycles. The Bertz CT molecular complexity index is 73.0. The van der Waals surface area contributed by atoms with Crippen LogP contribution in [0.15, 0.2) is 0 Å². The Morgan fingerprint density at radius 1 is 1.56 bits per heavy atom. The van der Waals surface area contributed by atoms with Crippen LogP contribution < -0.4 is 5.43 Å². The van der Waals surface area contributed by atoms with Gasteiger partial charge in [0.15, 0.2) is 0 Å². The highest BCUT2D eigenvalue weighted by Gasteiger charge is 2.19. The summed E-state index contributed by atoms with van der Waals surface area (Å²) in [4.78, 5) is 0. The van der Waals surface area contributed by atoms with E-state index in [-0.39, 0.29) is 0 Å². The molecule has 9 heavy (non-hydrogen) atoms. The van der Waals surface area contributed by atoms with E-state index in [1.54, 1.807) is 0 Å². The Balaban J connectivity index is 2.32. The van der Waals surface area contributed by atoms with Crippen molar-refractivity contribution in [1.82, 2.24) is 10.4 Å². The van der Waals surface area contributed by atoms with Crippen LogP contribution in [-0.4, -0.2) is 24.1 Å². The summed E-state index contributed by atoms with van der Waals surface area (Å²) in [6.07, 6.45) is 2.60. The maximum Gasteiger partial charge on any atom is 0.0253 e. The molecule has 1 aliphatic rings. The van der Waals surface area contributed by atoms with Crippen LogP contribution in [0.1, 0.15) is 26.7 Å². The van der Waals surface area contributed by atoms with Crippen LogP contribution in [0, 0.1) is 0 Å². The molecule has 0 aromatic heterocycles. The molecule has 1 aliphatic heterocycles. The molecule has 1 rings (SSSR count). The van der Waals surface area contributed by atoms with E-state index in [4.69, 9.17) is 0 Å². The van der Waals surface area contributed by atoms with Gasteiger partial charge < -0.3 is 0 Å². The van der Waals surface area contributed by atoms with Gasteiger partial charge in [0.1, 0.15) is 0 Å². The largest absolute Gasteiger partial charge is 0.255 e. The van der Waals surface area contributed by atoms with Gasteiger partial charge in [0, 0.05) is 19.1 Å². The van der Waals surface area contributed by atoms with Gasteiger partial charge in [-0.25, -0.2) is 5.01 Å². The lowest BCUT2D eigenvalue weighted by Crippen LogP contribution is -2.36. The summed E-state index contributed by atoms with van der Waals surface area (Å²) in [6, 6.07) is 0.801. The summed E-state index contributed by atoms with van der Waals surface area (Å²) < 4.78 is 0. The normalized spacial score (nSPS) is 29.3. The number of hydrazine groups is 1. The van der Waals surface area contributed by atoms with E-state index >= 15 is 0 Å². The lowest BCUT2D eigenvalue weighted by molar-refractivity contribution is 0.194. The highest BCUT2D eigenvalue weighted by molar-refractivity contribution is 4.73. The summed E-state index contributed by atoms with van der Waals surface area (Å²) in [7, 11) is 0. The number of hydrogen-bond donors (Lipinski definition) is 1. The Morgan fingerprint density at radius 2 is 2.33 bits per heavy atom. The first-order chi connectivity index (χ1) is 4.38. The second-order valence-corrected chi connectivity index (χ2v) is 2.54. The lowest BCUT2D eigenvalue weighted by Gasteiger charge is -2.20. The molecule has 1 saturated heterocycles.